The highest BCUT2D eigenvalue weighted by molar-refractivity contribution is 6.30. The van der Waals surface area contributed by atoms with Crippen LogP contribution in [0.2, 0.25) is 5.02 Å². The topological polar surface area (TPSA) is 49.4 Å². The summed E-state index contributed by atoms with van der Waals surface area (Å²) in [6, 6.07) is 26.3. The van der Waals surface area contributed by atoms with E-state index in [0.717, 1.165) is 29.5 Å². The number of nitrogens with one attached hydrogen (secondary N) is 1. The Kier molecular flexibility index (Phi) is 9.52. The van der Waals surface area contributed by atoms with Gasteiger partial charge in [0, 0.05) is 24.5 Å². The highest BCUT2D eigenvalue weighted by atomic mass is 35.5. The lowest BCUT2D eigenvalue weighted by Crippen LogP contribution is -2.51. The number of rotatable bonds is 11. The van der Waals surface area contributed by atoms with Gasteiger partial charge in [0.05, 0.1) is 6.42 Å². The number of amides is 2. The molecule has 1 N–H and O–H groups in total. The summed E-state index contributed by atoms with van der Waals surface area (Å²) in [5, 5.41) is 3.68. The number of halogens is 1. The van der Waals surface area contributed by atoms with E-state index < -0.39 is 6.04 Å². The maximum Gasteiger partial charge on any atom is 0.243 e. The van der Waals surface area contributed by atoms with Crippen molar-refractivity contribution in [3.05, 3.63) is 107 Å². The Labute approximate surface area is 201 Å². The number of carbonyl (C=O) groups is 2. The molecule has 3 aromatic rings. The highest BCUT2D eigenvalue weighted by Gasteiger charge is 2.30. The van der Waals surface area contributed by atoms with Gasteiger partial charge in [-0.3, -0.25) is 9.59 Å². The predicted octanol–water partition coefficient (Wildman–Crippen LogP) is 5.44. The molecule has 5 heteroatoms. The third kappa shape index (κ3) is 7.76. The zero-order valence-electron chi connectivity index (χ0n) is 19.0. The van der Waals surface area contributed by atoms with Crippen LogP contribution in [-0.4, -0.2) is 29.3 Å². The van der Waals surface area contributed by atoms with Crippen molar-refractivity contribution in [2.45, 2.75) is 45.2 Å². The van der Waals surface area contributed by atoms with Gasteiger partial charge in [0.15, 0.2) is 0 Å². The first-order chi connectivity index (χ1) is 16.1. The summed E-state index contributed by atoms with van der Waals surface area (Å²) in [5.41, 5.74) is 2.87. The van der Waals surface area contributed by atoms with Gasteiger partial charge in [0.25, 0.3) is 0 Å². The van der Waals surface area contributed by atoms with E-state index in [1.807, 2.05) is 84.9 Å². The second-order valence-electron chi connectivity index (χ2n) is 8.16. The lowest BCUT2D eigenvalue weighted by Gasteiger charge is -2.31. The van der Waals surface area contributed by atoms with E-state index in [1.165, 1.54) is 0 Å². The maximum absolute atomic E-state index is 13.6. The summed E-state index contributed by atoms with van der Waals surface area (Å²) in [7, 11) is 0. The molecule has 33 heavy (non-hydrogen) atoms. The highest BCUT2D eigenvalue weighted by Crippen LogP contribution is 2.18. The normalized spacial score (nSPS) is 11.6. The van der Waals surface area contributed by atoms with Crippen LogP contribution in [0.4, 0.5) is 0 Å². The SMILES string of the molecule is CCCCNC(=O)[C@@H](Cc1ccccc1)N(Cc1ccc(Cl)cc1)C(=O)Cc1ccccc1. The molecular formula is C28H31ClN2O2. The minimum Gasteiger partial charge on any atom is -0.354 e. The zero-order chi connectivity index (χ0) is 23.5. The Morgan fingerprint density at radius 1 is 0.848 bits per heavy atom. The van der Waals surface area contributed by atoms with E-state index in [9.17, 15) is 9.59 Å². The van der Waals surface area contributed by atoms with Crippen LogP contribution in [0.5, 0.6) is 0 Å². The molecular weight excluding hydrogens is 432 g/mol. The first-order valence-electron chi connectivity index (χ1n) is 11.5. The fourth-order valence-electron chi connectivity index (χ4n) is 3.72. The molecule has 0 heterocycles. The molecule has 0 aliphatic heterocycles. The largest absolute Gasteiger partial charge is 0.354 e. The van der Waals surface area contributed by atoms with Crippen LogP contribution in [-0.2, 0) is 29.0 Å². The van der Waals surface area contributed by atoms with Crippen molar-refractivity contribution in [1.82, 2.24) is 10.2 Å². The third-order valence-corrected chi connectivity index (χ3v) is 5.82. The lowest BCUT2D eigenvalue weighted by atomic mass is 10.0. The van der Waals surface area contributed by atoms with Gasteiger partial charge in [-0.15, -0.1) is 0 Å². The molecule has 2 amide bonds. The van der Waals surface area contributed by atoms with Crippen molar-refractivity contribution in [3.63, 3.8) is 0 Å². The molecule has 0 fully saturated rings. The summed E-state index contributed by atoms with van der Waals surface area (Å²) < 4.78 is 0. The molecule has 0 aliphatic carbocycles. The molecule has 172 valence electrons. The average Bonchev–Trinajstić information content (AvgIpc) is 2.84. The minimum atomic E-state index is -0.615. The lowest BCUT2D eigenvalue weighted by molar-refractivity contribution is -0.140. The number of carbonyl (C=O) groups excluding carboxylic acids is 2. The van der Waals surface area contributed by atoms with Gasteiger partial charge in [-0.2, -0.15) is 0 Å². The Morgan fingerprint density at radius 3 is 2.06 bits per heavy atom. The Bertz CT molecular complexity index is 1010. The molecule has 0 aromatic heterocycles. The van der Waals surface area contributed by atoms with E-state index in [0.29, 0.717) is 24.5 Å². The molecule has 4 nitrogen and oxygen atoms in total. The summed E-state index contributed by atoms with van der Waals surface area (Å²) in [6.07, 6.45) is 2.58. The zero-order valence-corrected chi connectivity index (χ0v) is 19.8. The molecule has 1 atom stereocenters. The Morgan fingerprint density at radius 2 is 1.45 bits per heavy atom. The molecule has 3 rings (SSSR count). The van der Waals surface area contributed by atoms with Crippen LogP contribution >= 0.6 is 11.6 Å². The number of unbranched alkanes of at least 4 members (excludes halogenated alkanes) is 1. The van der Waals surface area contributed by atoms with Crippen molar-refractivity contribution in [3.8, 4) is 0 Å². The van der Waals surface area contributed by atoms with Crippen LogP contribution in [0.1, 0.15) is 36.5 Å². The van der Waals surface area contributed by atoms with Crippen molar-refractivity contribution in [2.75, 3.05) is 6.54 Å². The van der Waals surface area contributed by atoms with Gasteiger partial charge in [-0.1, -0.05) is 97.7 Å². The van der Waals surface area contributed by atoms with Gasteiger partial charge in [0.2, 0.25) is 11.8 Å². The Balaban J connectivity index is 1.91. The van der Waals surface area contributed by atoms with Crippen molar-refractivity contribution >= 4 is 23.4 Å². The fourth-order valence-corrected chi connectivity index (χ4v) is 3.84. The monoisotopic (exact) mass is 462 g/mol. The molecule has 0 aliphatic rings. The number of nitrogens with zero attached hydrogens (tertiary/aromatic N) is 1. The molecule has 0 unspecified atom stereocenters. The van der Waals surface area contributed by atoms with Crippen molar-refractivity contribution < 1.29 is 9.59 Å². The predicted molar refractivity (Wildman–Crippen MR) is 134 cm³/mol. The van der Waals surface area contributed by atoms with Crippen LogP contribution in [0.25, 0.3) is 0 Å². The molecule has 0 saturated heterocycles. The summed E-state index contributed by atoms with van der Waals surface area (Å²) in [4.78, 5) is 28.6. The van der Waals surface area contributed by atoms with Crippen LogP contribution in [0.15, 0.2) is 84.9 Å². The van der Waals surface area contributed by atoms with Gasteiger partial charge in [-0.25, -0.2) is 0 Å². The van der Waals surface area contributed by atoms with Crippen LogP contribution in [0.3, 0.4) is 0 Å². The van der Waals surface area contributed by atoms with E-state index in [4.69, 9.17) is 11.6 Å². The Hall–Kier alpha value is -3.11. The number of hydrogen-bond donors (Lipinski definition) is 1. The molecule has 0 saturated carbocycles. The summed E-state index contributed by atoms with van der Waals surface area (Å²) >= 11 is 6.06. The third-order valence-electron chi connectivity index (χ3n) is 5.57. The molecule has 0 radical (unpaired) electrons. The van der Waals surface area contributed by atoms with Gasteiger partial charge in [-0.05, 0) is 35.2 Å². The van der Waals surface area contributed by atoms with Gasteiger partial charge in [0.1, 0.15) is 6.04 Å². The summed E-state index contributed by atoms with van der Waals surface area (Å²) in [6.45, 7) is 3.02. The van der Waals surface area contributed by atoms with E-state index in [-0.39, 0.29) is 18.2 Å². The van der Waals surface area contributed by atoms with Gasteiger partial charge >= 0.3 is 0 Å². The van der Waals surface area contributed by atoms with E-state index >= 15 is 0 Å². The van der Waals surface area contributed by atoms with Crippen molar-refractivity contribution in [2.24, 2.45) is 0 Å². The van der Waals surface area contributed by atoms with Crippen LogP contribution in [0, 0.1) is 0 Å². The van der Waals surface area contributed by atoms with E-state index in [2.05, 4.69) is 12.2 Å². The van der Waals surface area contributed by atoms with Crippen molar-refractivity contribution in [1.29, 1.82) is 0 Å². The smallest absolute Gasteiger partial charge is 0.243 e. The molecule has 0 bridgehead atoms. The number of hydrogen-bond acceptors (Lipinski definition) is 2. The van der Waals surface area contributed by atoms with Crippen LogP contribution < -0.4 is 5.32 Å². The summed E-state index contributed by atoms with van der Waals surface area (Å²) in [5.74, 6) is -0.203. The first kappa shape index (κ1) is 24.5. The average molecular weight is 463 g/mol. The fraction of sp³-hybridized carbons (Fsp3) is 0.286. The molecule has 0 spiro atoms. The standard InChI is InChI=1S/C28H31ClN2O2/c1-2-3-18-30-28(33)26(19-22-10-6-4-7-11-22)31(21-24-14-16-25(29)17-15-24)27(32)20-23-12-8-5-9-13-23/h4-17,26H,2-3,18-21H2,1H3,(H,30,33)/t26-/m1/s1. The second-order valence-corrected chi connectivity index (χ2v) is 8.60. The maximum atomic E-state index is 13.6. The number of benzene rings is 3. The molecule has 3 aromatic carbocycles. The quantitative estimate of drug-likeness (QED) is 0.386. The minimum absolute atomic E-state index is 0.0808. The second kappa shape index (κ2) is 12.8. The van der Waals surface area contributed by atoms with E-state index in [1.54, 1.807) is 4.90 Å². The first-order valence-corrected chi connectivity index (χ1v) is 11.8. The van der Waals surface area contributed by atoms with Gasteiger partial charge < -0.3 is 10.2 Å².